The zero-order valence-corrected chi connectivity index (χ0v) is 18.0. The van der Waals surface area contributed by atoms with Gasteiger partial charge in [0.1, 0.15) is 29.3 Å². The highest BCUT2D eigenvalue weighted by Gasteiger charge is 2.34. The number of methoxy groups -OCH3 is 1. The molecule has 0 saturated carbocycles. The van der Waals surface area contributed by atoms with Gasteiger partial charge < -0.3 is 15.4 Å². The molecule has 4 aromatic rings. The molecule has 4 heterocycles. The maximum absolute atomic E-state index is 13.8. The molecule has 1 atom stereocenters. The van der Waals surface area contributed by atoms with Crippen LogP contribution in [0.1, 0.15) is 35.8 Å². The van der Waals surface area contributed by atoms with Crippen molar-refractivity contribution >= 4 is 17.2 Å². The number of fused-ring (bicyclic) bond motifs is 1. The van der Waals surface area contributed by atoms with Crippen LogP contribution in [0.2, 0.25) is 0 Å². The molecular formula is C23H22N8O2. The fourth-order valence-corrected chi connectivity index (χ4v) is 4.46. The summed E-state index contributed by atoms with van der Waals surface area (Å²) >= 11 is 0. The first-order valence-electron chi connectivity index (χ1n) is 10.6. The van der Waals surface area contributed by atoms with Crippen LogP contribution in [0.4, 0.5) is 11.6 Å². The maximum Gasteiger partial charge on any atom is 0.282 e. The number of nitrogen functional groups attached to an aromatic ring is 1. The van der Waals surface area contributed by atoms with Gasteiger partial charge in [0.25, 0.3) is 5.56 Å². The molecule has 10 nitrogen and oxygen atoms in total. The van der Waals surface area contributed by atoms with Gasteiger partial charge in [0, 0.05) is 25.4 Å². The molecule has 1 aliphatic rings. The van der Waals surface area contributed by atoms with Gasteiger partial charge in [-0.3, -0.25) is 9.36 Å². The van der Waals surface area contributed by atoms with Crippen LogP contribution < -0.4 is 16.2 Å². The Bertz CT molecular complexity index is 1420. The Morgan fingerprint density at radius 3 is 2.82 bits per heavy atom. The first-order valence-corrected chi connectivity index (χ1v) is 10.6. The van der Waals surface area contributed by atoms with Gasteiger partial charge in [-0.25, -0.2) is 14.5 Å². The van der Waals surface area contributed by atoms with Gasteiger partial charge in [-0.05, 0) is 31.0 Å². The summed E-state index contributed by atoms with van der Waals surface area (Å²) in [5, 5.41) is 14.5. The summed E-state index contributed by atoms with van der Waals surface area (Å²) in [7, 11) is 1.59. The quantitative estimate of drug-likeness (QED) is 0.498. The average molecular weight is 442 g/mol. The molecule has 0 unspecified atom stereocenters. The van der Waals surface area contributed by atoms with Crippen molar-refractivity contribution in [2.45, 2.75) is 25.5 Å². The first kappa shape index (κ1) is 20.7. The first-order chi connectivity index (χ1) is 16.1. The normalized spacial score (nSPS) is 15.8. The molecule has 1 aromatic carbocycles. The van der Waals surface area contributed by atoms with E-state index in [0.717, 1.165) is 18.4 Å². The monoisotopic (exact) mass is 442 g/mol. The summed E-state index contributed by atoms with van der Waals surface area (Å²) in [4.78, 5) is 24.1. The minimum atomic E-state index is -0.281. The minimum absolute atomic E-state index is 0.131. The predicted molar refractivity (Wildman–Crippen MR) is 122 cm³/mol. The molecule has 1 saturated heterocycles. The number of benzene rings is 1. The lowest BCUT2D eigenvalue weighted by atomic mass is 10.1. The van der Waals surface area contributed by atoms with Crippen molar-refractivity contribution in [1.29, 1.82) is 5.26 Å². The molecular weight excluding hydrogens is 420 g/mol. The Morgan fingerprint density at radius 2 is 2.06 bits per heavy atom. The van der Waals surface area contributed by atoms with Crippen molar-refractivity contribution in [3.05, 3.63) is 76.2 Å². The van der Waals surface area contributed by atoms with Crippen LogP contribution in [-0.2, 0) is 11.3 Å². The lowest BCUT2D eigenvalue weighted by molar-refractivity contribution is 0.186. The van der Waals surface area contributed by atoms with E-state index in [1.165, 1.54) is 6.33 Å². The number of ether oxygens (including phenoxy) is 1. The van der Waals surface area contributed by atoms with Crippen molar-refractivity contribution < 1.29 is 4.74 Å². The molecule has 1 aliphatic heterocycles. The standard InChI is InChI=1S/C23H22N8O2/c1-33-13-15-9-11-30-19(15)23(32)31(16-6-3-2-4-7-16)22(28-30)18-8-5-10-29(18)21-17(12-24)20(25)26-14-27-21/h2-4,6-7,9,11,14,18H,5,8,10,13H2,1H3,(H2,25,26,27)/t18-/m0/s1. The summed E-state index contributed by atoms with van der Waals surface area (Å²) < 4.78 is 8.54. The minimum Gasteiger partial charge on any atom is -0.382 e. The predicted octanol–water partition coefficient (Wildman–Crippen LogP) is 2.22. The lowest BCUT2D eigenvalue weighted by Crippen LogP contribution is -2.34. The van der Waals surface area contributed by atoms with Crippen molar-refractivity contribution in [2.24, 2.45) is 0 Å². The largest absolute Gasteiger partial charge is 0.382 e. The molecule has 0 radical (unpaired) electrons. The number of para-hydroxylation sites is 1. The lowest BCUT2D eigenvalue weighted by Gasteiger charge is -2.28. The van der Waals surface area contributed by atoms with Crippen molar-refractivity contribution in [3.63, 3.8) is 0 Å². The Morgan fingerprint density at radius 1 is 1.24 bits per heavy atom. The Kier molecular flexibility index (Phi) is 5.24. The summed E-state index contributed by atoms with van der Waals surface area (Å²) in [6.07, 6.45) is 4.71. The highest BCUT2D eigenvalue weighted by Crippen LogP contribution is 2.37. The van der Waals surface area contributed by atoms with E-state index in [-0.39, 0.29) is 23.0 Å². The van der Waals surface area contributed by atoms with Gasteiger partial charge in [0.2, 0.25) is 0 Å². The second-order valence-electron chi connectivity index (χ2n) is 7.82. The smallest absolute Gasteiger partial charge is 0.282 e. The molecule has 2 N–H and O–H groups in total. The molecule has 166 valence electrons. The topological polar surface area (TPSA) is 127 Å². The van der Waals surface area contributed by atoms with Gasteiger partial charge in [-0.1, -0.05) is 18.2 Å². The van der Waals surface area contributed by atoms with Crippen LogP contribution in [0.5, 0.6) is 0 Å². The van der Waals surface area contributed by atoms with Gasteiger partial charge in [-0.2, -0.15) is 10.4 Å². The van der Waals surface area contributed by atoms with E-state index in [9.17, 15) is 10.1 Å². The van der Waals surface area contributed by atoms with Crippen molar-refractivity contribution in [2.75, 3.05) is 24.3 Å². The number of nitriles is 1. The van der Waals surface area contributed by atoms with Gasteiger partial charge >= 0.3 is 0 Å². The molecule has 33 heavy (non-hydrogen) atoms. The Balaban J connectivity index is 1.75. The summed E-state index contributed by atoms with van der Waals surface area (Å²) in [6.45, 7) is 0.960. The van der Waals surface area contributed by atoms with Crippen LogP contribution >= 0.6 is 0 Å². The SMILES string of the molecule is COCc1ccn2nc([C@@H]3CCCN3c3ncnc(N)c3C#N)n(-c3ccccc3)c(=O)c12. The van der Waals surface area contributed by atoms with Crippen molar-refractivity contribution in [1.82, 2.24) is 24.1 Å². The highest BCUT2D eigenvalue weighted by molar-refractivity contribution is 5.64. The van der Waals surface area contributed by atoms with E-state index in [2.05, 4.69) is 16.0 Å². The third kappa shape index (κ3) is 3.39. The van der Waals surface area contributed by atoms with Gasteiger partial charge in [0.15, 0.2) is 11.6 Å². The third-order valence-electron chi connectivity index (χ3n) is 5.90. The zero-order chi connectivity index (χ0) is 22.9. The molecule has 5 rings (SSSR count). The summed E-state index contributed by atoms with van der Waals surface area (Å²) in [5.41, 5.74) is 7.94. The average Bonchev–Trinajstić information content (AvgIpc) is 3.47. The molecule has 1 fully saturated rings. The second kappa shape index (κ2) is 8.37. The van der Waals surface area contributed by atoms with Crippen LogP contribution in [0.15, 0.2) is 53.7 Å². The summed E-state index contributed by atoms with van der Waals surface area (Å²) in [6, 6.07) is 13.1. The zero-order valence-electron chi connectivity index (χ0n) is 18.0. The molecule has 10 heteroatoms. The van der Waals surface area contributed by atoms with E-state index in [1.54, 1.807) is 22.4 Å². The molecule has 0 spiro atoms. The summed E-state index contributed by atoms with van der Waals surface area (Å²) in [5.74, 6) is 1.15. The number of nitrogens with zero attached hydrogens (tertiary/aromatic N) is 7. The molecule has 0 aliphatic carbocycles. The van der Waals surface area contributed by atoms with Gasteiger partial charge in [0.05, 0.1) is 18.3 Å². The van der Waals surface area contributed by atoms with E-state index >= 15 is 0 Å². The van der Waals surface area contributed by atoms with Crippen LogP contribution in [0.25, 0.3) is 11.2 Å². The molecule has 0 bridgehead atoms. The van der Waals surface area contributed by atoms with E-state index < -0.39 is 0 Å². The van der Waals surface area contributed by atoms with Crippen LogP contribution in [-0.4, -0.2) is 37.8 Å². The van der Waals surface area contributed by atoms with Gasteiger partial charge in [-0.15, -0.1) is 0 Å². The maximum atomic E-state index is 13.8. The van der Waals surface area contributed by atoms with Crippen molar-refractivity contribution in [3.8, 4) is 11.8 Å². The van der Waals surface area contributed by atoms with E-state index in [0.29, 0.717) is 36.0 Å². The number of aromatic nitrogens is 5. The van der Waals surface area contributed by atoms with Crippen LogP contribution in [0.3, 0.4) is 0 Å². The fourth-order valence-electron chi connectivity index (χ4n) is 4.46. The van der Waals surface area contributed by atoms with Crippen LogP contribution in [0, 0.1) is 11.3 Å². The molecule has 3 aromatic heterocycles. The van der Waals surface area contributed by atoms with E-state index in [4.69, 9.17) is 15.6 Å². The Labute approximate surface area is 189 Å². The molecule has 0 amide bonds. The number of rotatable bonds is 5. The Hall–Kier alpha value is -4.23. The fraction of sp³-hybridized carbons (Fsp3) is 0.261. The third-order valence-corrected chi connectivity index (χ3v) is 5.90. The number of hydrogen-bond donors (Lipinski definition) is 1. The number of hydrogen-bond acceptors (Lipinski definition) is 8. The number of nitrogens with two attached hydrogens (primary N) is 1. The highest BCUT2D eigenvalue weighted by atomic mass is 16.5. The number of anilines is 2. The second-order valence-corrected chi connectivity index (χ2v) is 7.82. The van der Waals surface area contributed by atoms with E-state index in [1.807, 2.05) is 41.3 Å².